The van der Waals surface area contributed by atoms with E-state index in [1.54, 1.807) is 12.1 Å². The zero-order valence-electron chi connectivity index (χ0n) is 12.6. The molecule has 124 valence electrons. The molecular weight excluding hydrogens is 350 g/mol. The standard InChI is InChI=1S/C17H14ClNO4S/c18-12-5-1-3-7-14(12)21-9-10-22-16(20)11-24-17-19-13-6-2-4-8-15(13)23-17/h1-8H,9-11H2. The van der Waals surface area contributed by atoms with Gasteiger partial charge in [-0.05, 0) is 24.3 Å². The number of esters is 1. The molecule has 0 atom stereocenters. The lowest BCUT2D eigenvalue weighted by atomic mass is 10.3. The fourth-order valence-corrected chi connectivity index (χ4v) is 2.77. The predicted molar refractivity (Wildman–Crippen MR) is 92.6 cm³/mol. The molecular formula is C17H14ClNO4S. The van der Waals surface area contributed by atoms with Gasteiger partial charge in [0.2, 0.25) is 0 Å². The van der Waals surface area contributed by atoms with Gasteiger partial charge in [-0.25, -0.2) is 4.98 Å². The number of rotatable bonds is 7. The van der Waals surface area contributed by atoms with Crippen LogP contribution in [0.25, 0.3) is 11.1 Å². The molecule has 7 heteroatoms. The van der Waals surface area contributed by atoms with E-state index in [1.807, 2.05) is 36.4 Å². The Morgan fingerprint density at radius 1 is 1.12 bits per heavy atom. The zero-order chi connectivity index (χ0) is 16.8. The molecule has 0 amide bonds. The average molecular weight is 364 g/mol. The van der Waals surface area contributed by atoms with E-state index in [4.69, 9.17) is 25.5 Å². The maximum atomic E-state index is 11.7. The summed E-state index contributed by atoms with van der Waals surface area (Å²) < 4.78 is 16.1. The SMILES string of the molecule is O=C(CSc1nc2ccccc2o1)OCCOc1ccccc1Cl. The smallest absolute Gasteiger partial charge is 0.316 e. The first-order valence-corrected chi connectivity index (χ1v) is 8.60. The summed E-state index contributed by atoms with van der Waals surface area (Å²) in [6, 6.07) is 14.6. The zero-order valence-corrected chi connectivity index (χ0v) is 14.2. The number of halogens is 1. The Labute approximate surface area is 147 Å². The fourth-order valence-electron chi connectivity index (χ4n) is 1.94. The average Bonchev–Trinajstić information content (AvgIpc) is 3.01. The normalized spacial score (nSPS) is 10.7. The Bertz CT molecular complexity index is 803. The molecule has 0 saturated heterocycles. The lowest BCUT2D eigenvalue weighted by molar-refractivity contribution is -0.141. The van der Waals surface area contributed by atoms with Gasteiger partial charge >= 0.3 is 5.97 Å². The summed E-state index contributed by atoms with van der Waals surface area (Å²) in [5.41, 5.74) is 1.46. The van der Waals surface area contributed by atoms with E-state index in [2.05, 4.69) is 4.98 Å². The number of carbonyl (C=O) groups excluding carboxylic acids is 1. The quantitative estimate of drug-likeness (QED) is 0.356. The van der Waals surface area contributed by atoms with Gasteiger partial charge in [-0.2, -0.15) is 0 Å². The number of fused-ring (bicyclic) bond motifs is 1. The molecule has 0 radical (unpaired) electrons. The summed E-state index contributed by atoms with van der Waals surface area (Å²) in [4.78, 5) is 16.0. The molecule has 0 unspecified atom stereocenters. The lowest BCUT2D eigenvalue weighted by Gasteiger charge is -2.08. The van der Waals surface area contributed by atoms with Gasteiger partial charge in [-0.1, -0.05) is 47.6 Å². The minimum Gasteiger partial charge on any atom is -0.488 e. The molecule has 3 rings (SSSR count). The number of hydrogen-bond donors (Lipinski definition) is 0. The minimum absolute atomic E-state index is 0.124. The first kappa shape index (κ1) is 16.7. The van der Waals surface area contributed by atoms with Crippen molar-refractivity contribution in [2.24, 2.45) is 0 Å². The molecule has 3 aromatic rings. The molecule has 24 heavy (non-hydrogen) atoms. The van der Waals surface area contributed by atoms with E-state index in [0.29, 0.717) is 21.6 Å². The summed E-state index contributed by atoms with van der Waals surface area (Å²) in [5, 5.41) is 0.968. The van der Waals surface area contributed by atoms with Crippen LogP contribution in [-0.4, -0.2) is 29.9 Å². The molecule has 1 aromatic heterocycles. The Hall–Kier alpha value is -2.18. The summed E-state index contributed by atoms with van der Waals surface area (Å²) in [7, 11) is 0. The highest BCUT2D eigenvalue weighted by Crippen LogP contribution is 2.24. The Balaban J connectivity index is 1.39. The molecule has 0 aliphatic carbocycles. The van der Waals surface area contributed by atoms with Crippen LogP contribution in [0.2, 0.25) is 5.02 Å². The second-order valence-corrected chi connectivity index (χ2v) is 6.07. The van der Waals surface area contributed by atoms with E-state index in [-0.39, 0.29) is 24.9 Å². The molecule has 2 aromatic carbocycles. The number of carbonyl (C=O) groups is 1. The molecule has 0 spiro atoms. The molecule has 5 nitrogen and oxygen atoms in total. The van der Waals surface area contributed by atoms with Gasteiger partial charge in [0, 0.05) is 0 Å². The topological polar surface area (TPSA) is 61.6 Å². The van der Waals surface area contributed by atoms with E-state index in [0.717, 1.165) is 5.52 Å². The second kappa shape index (κ2) is 8.08. The van der Waals surface area contributed by atoms with Crippen LogP contribution in [0.3, 0.4) is 0 Å². The molecule has 1 heterocycles. The van der Waals surface area contributed by atoms with Crippen molar-refractivity contribution in [3.63, 3.8) is 0 Å². The fraction of sp³-hybridized carbons (Fsp3) is 0.176. The Morgan fingerprint density at radius 3 is 2.75 bits per heavy atom. The summed E-state index contributed by atoms with van der Waals surface area (Å²) in [6.07, 6.45) is 0. The van der Waals surface area contributed by atoms with Crippen LogP contribution in [0, 0.1) is 0 Å². The Kier molecular flexibility index (Phi) is 5.61. The molecule has 0 saturated carbocycles. The third-order valence-electron chi connectivity index (χ3n) is 3.03. The maximum Gasteiger partial charge on any atom is 0.316 e. The number of benzene rings is 2. The highest BCUT2D eigenvalue weighted by molar-refractivity contribution is 7.99. The van der Waals surface area contributed by atoms with E-state index < -0.39 is 0 Å². The third kappa shape index (κ3) is 4.43. The summed E-state index contributed by atoms with van der Waals surface area (Å²) in [6.45, 7) is 0.390. The molecule has 0 bridgehead atoms. The Morgan fingerprint density at radius 2 is 1.92 bits per heavy atom. The lowest BCUT2D eigenvalue weighted by Crippen LogP contribution is -2.13. The van der Waals surface area contributed by atoms with Crippen molar-refractivity contribution in [2.75, 3.05) is 19.0 Å². The van der Waals surface area contributed by atoms with Gasteiger partial charge in [-0.15, -0.1) is 0 Å². The summed E-state index contributed by atoms with van der Waals surface area (Å²) >= 11 is 7.16. The molecule has 0 fully saturated rings. The second-order valence-electron chi connectivity index (χ2n) is 4.74. The monoisotopic (exact) mass is 363 g/mol. The number of oxazole rings is 1. The maximum absolute atomic E-state index is 11.7. The summed E-state index contributed by atoms with van der Waals surface area (Å²) in [5.74, 6) is 0.333. The van der Waals surface area contributed by atoms with Crippen molar-refractivity contribution in [2.45, 2.75) is 5.22 Å². The van der Waals surface area contributed by atoms with E-state index >= 15 is 0 Å². The number of ether oxygens (including phenoxy) is 2. The molecule has 0 aliphatic rings. The number of para-hydroxylation sites is 3. The first-order chi connectivity index (χ1) is 11.7. The van der Waals surface area contributed by atoms with Crippen LogP contribution < -0.4 is 4.74 Å². The third-order valence-corrected chi connectivity index (χ3v) is 4.14. The van der Waals surface area contributed by atoms with Crippen molar-refractivity contribution in [1.29, 1.82) is 0 Å². The van der Waals surface area contributed by atoms with Crippen LogP contribution in [0.1, 0.15) is 0 Å². The van der Waals surface area contributed by atoms with E-state index in [1.165, 1.54) is 11.8 Å². The number of aromatic nitrogens is 1. The van der Waals surface area contributed by atoms with Crippen molar-refractivity contribution in [3.8, 4) is 5.75 Å². The minimum atomic E-state index is -0.356. The number of thioether (sulfide) groups is 1. The molecule has 0 N–H and O–H groups in total. The first-order valence-electron chi connectivity index (χ1n) is 7.24. The van der Waals surface area contributed by atoms with Crippen molar-refractivity contribution in [1.82, 2.24) is 4.98 Å². The van der Waals surface area contributed by atoms with Crippen LogP contribution in [0.5, 0.6) is 5.75 Å². The van der Waals surface area contributed by atoms with Crippen molar-refractivity contribution >= 4 is 40.4 Å². The van der Waals surface area contributed by atoms with Crippen LogP contribution >= 0.6 is 23.4 Å². The van der Waals surface area contributed by atoms with E-state index in [9.17, 15) is 4.79 Å². The van der Waals surface area contributed by atoms with Crippen LogP contribution in [0.4, 0.5) is 0 Å². The predicted octanol–water partition coefficient (Wildman–Crippen LogP) is 4.20. The van der Waals surface area contributed by atoms with Crippen LogP contribution in [-0.2, 0) is 9.53 Å². The van der Waals surface area contributed by atoms with Gasteiger partial charge < -0.3 is 13.9 Å². The van der Waals surface area contributed by atoms with Gasteiger partial charge in [0.15, 0.2) is 5.58 Å². The van der Waals surface area contributed by atoms with Gasteiger partial charge in [0.25, 0.3) is 5.22 Å². The van der Waals surface area contributed by atoms with Gasteiger partial charge in [-0.3, -0.25) is 4.79 Å². The number of nitrogens with zero attached hydrogens (tertiary/aromatic N) is 1. The molecule has 0 aliphatic heterocycles. The largest absolute Gasteiger partial charge is 0.488 e. The van der Waals surface area contributed by atoms with Crippen molar-refractivity contribution in [3.05, 3.63) is 53.6 Å². The van der Waals surface area contributed by atoms with Crippen LogP contribution in [0.15, 0.2) is 58.2 Å². The highest BCUT2D eigenvalue weighted by Gasteiger charge is 2.10. The highest BCUT2D eigenvalue weighted by atomic mass is 35.5. The van der Waals surface area contributed by atoms with Gasteiger partial charge in [0.1, 0.15) is 30.2 Å². The van der Waals surface area contributed by atoms with Crippen molar-refractivity contribution < 1.29 is 18.7 Å². The number of hydrogen-bond acceptors (Lipinski definition) is 6. The van der Waals surface area contributed by atoms with Gasteiger partial charge in [0.05, 0.1) is 5.02 Å².